The summed E-state index contributed by atoms with van der Waals surface area (Å²) in [4.78, 5) is 37.6. The lowest BCUT2D eigenvalue weighted by atomic mass is 10.1. The van der Waals surface area contributed by atoms with Gasteiger partial charge in [0.05, 0.1) is 16.6 Å². The second-order valence-electron chi connectivity index (χ2n) is 5.80. The molecule has 6 nitrogen and oxygen atoms in total. The number of nitrogens with one attached hydrogen (secondary N) is 2. The van der Waals surface area contributed by atoms with Crippen LogP contribution in [0.2, 0.25) is 5.02 Å². The largest absolute Gasteiger partial charge is 0.355 e. The molecule has 0 radical (unpaired) electrons. The molecule has 7 heteroatoms. The van der Waals surface area contributed by atoms with E-state index in [9.17, 15) is 14.4 Å². The second-order valence-corrected chi connectivity index (χ2v) is 6.21. The third kappa shape index (κ3) is 3.82. The van der Waals surface area contributed by atoms with Crippen molar-refractivity contribution < 1.29 is 14.4 Å². The normalized spacial score (nSPS) is 17.5. The maximum absolute atomic E-state index is 12.4. The van der Waals surface area contributed by atoms with Gasteiger partial charge in [0.2, 0.25) is 11.8 Å². The van der Waals surface area contributed by atoms with Crippen molar-refractivity contribution in [3.63, 3.8) is 0 Å². The smallest absolute Gasteiger partial charge is 0.251 e. The minimum absolute atomic E-state index is 0.0228. The van der Waals surface area contributed by atoms with E-state index in [0.29, 0.717) is 22.8 Å². The number of hydrogen-bond donors (Lipinski definition) is 2. The molecular weight excluding hydrogens is 318 g/mol. The number of amides is 3. The first-order valence-electron chi connectivity index (χ1n) is 7.45. The monoisotopic (exact) mass is 337 g/mol. The van der Waals surface area contributed by atoms with Gasteiger partial charge in [-0.1, -0.05) is 11.6 Å². The number of nitrogens with zero attached hydrogens (tertiary/aromatic N) is 1. The van der Waals surface area contributed by atoms with Crippen molar-refractivity contribution in [1.29, 1.82) is 0 Å². The molecule has 1 aliphatic rings. The number of anilines is 1. The van der Waals surface area contributed by atoms with Crippen molar-refractivity contribution in [2.24, 2.45) is 5.92 Å². The molecule has 3 amide bonds. The van der Waals surface area contributed by atoms with E-state index in [2.05, 4.69) is 10.6 Å². The van der Waals surface area contributed by atoms with Crippen LogP contribution in [0.1, 0.15) is 30.6 Å². The quantitative estimate of drug-likeness (QED) is 0.880. The molecule has 2 N–H and O–H groups in total. The Labute approximate surface area is 140 Å². The van der Waals surface area contributed by atoms with E-state index in [0.717, 1.165) is 0 Å². The van der Waals surface area contributed by atoms with Crippen LogP contribution in [-0.2, 0) is 9.59 Å². The highest BCUT2D eigenvalue weighted by Gasteiger charge is 2.35. The molecule has 1 saturated heterocycles. The molecule has 1 aliphatic heterocycles. The Kier molecular flexibility index (Phi) is 5.26. The average Bonchev–Trinajstić information content (AvgIpc) is 2.91. The molecule has 1 atom stereocenters. The number of carbonyl (C=O) groups excluding carboxylic acids is 3. The molecule has 0 saturated carbocycles. The third-order valence-electron chi connectivity index (χ3n) is 3.87. The zero-order valence-electron chi connectivity index (χ0n) is 13.4. The van der Waals surface area contributed by atoms with Gasteiger partial charge in [0.25, 0.3) is 5.91 Å². The van der Waals surface area contributed by atoms with E-state index < -0.39 is 5.92 Å². The van der Waals surface area contributed by atoms with Crippen LogP contribution < -0.4 is 10.6 Å². The number of rotatable bonds is 4. The van der Waals surface area contributed by atoms with E-state index in [4.69, 9.17) is 11.6 Å². The summed E-state index contributed by atoms with van der Waals surface area (Å²) in [6.07, 6.45) is 0.191. The van der Waals surface area contributed by atoms with Crippen LogP contribution in [-0.4, -0.2) is 42.3 Å². The zero-order valence-corrected chi connectivity index (χ0v) is 14.1. The lowest BCUT2D eigenvalue weighted by Crippen LogP contribution is -2.33. The maximum Gasteiger partial charge on any atom is 0.251 e. The molecule has 23 heavy (non-hydrogen) atoms. The van der Waals surface area contributed by atoms with E-state index in [1.54, 1.807) is 17.0 Å². The highest BCUT2D eigenvalue weighted by Crippen LogP contribution is 2.26. The van der Waals surface area contributed by atoms with Crippen molar-refractivity contribution in [3.8, 4) is 0 Å². The fraction of sp³-hybridized carbons (Fsp3) is 0.438. The molecule has 0 bridgehead atoms. The number of carbonyl (C=O) groups is 3. The topological polar surface area (TPSA) is 78.5 Å². The van der Waals surface area contributed by atoms with E-state index >= 15 is 0 Å². The van der Waals surface area contributed by atoms with E-state index in [1.807, 2.05) is 13.8 Å². The van der Waals surface area contributed by atoms with Crippen LogP contribution in [0.3, 0.4) is 0 Å². The summed E-state index contributed by atoms with van der Waals surface area (Å²) >= 11 is 6.08. The Hall–Kier alpha value is -2.08. The molecule has 0 aromatic heterocycles. The summed E-state index contributed by atoms with van der Waals surface area (Å²) in [5, 5.41) is 5.58. The molecular formula is C16H20ClN3O3. The number of benzene rings is 1. The highest BCUT2D eigenvalue weighted by molar-refractivity contribution is 6.34. The van der Waals surface area contributed by atoms with Crippen molar-refractivity contribution >= 4 is 35.0 Å². The summed E-state index contributed by atoms with van der Waals surface area (Å²) in [7, 11) is 1.53. The lowest BCUT2D eigenvalue weighted by molar-refractivity contribution is -0.129. The first-order valence-corrected chi connectivity index (χ1v) is 7.83. The first kappa shape index (κ1) is 17.3. The zero-order chi connectivity index (χ0) is 17.1. The molecule has 1 aromatic rings. The fourth-order valence-electron chi connectivity index (χ4n) is 2.55. The fourth-order valence-corrected chi connectivity index (χ4v) is 2.71. The second kappa shape index (κ2) is 7.00. The van der Waals surface area contributed by atoms with Crippen LogP contribution in [0.4, 0.5) is 5.69 Å². The maximum atomic E-state index is 12.4. The average molecular weight is 338 g/mol. The highest BCUT2D eigenvalue weighted by atomic mass is 35.5. The Morgan fingerprint density at radius 3 is 2.61 bits per heavy atom. The Bertz CT molecular complexity index is 645. The molecule has 2 rings (SSSR count). The first-order chi connectivity index (χ1) is 10.8. The molecule has 0 spiro atoms. The molecule has 124 valence electrons. The van der Waals surface area contributed by atoms with Crippen LogP contribution in [0.15, 0.2) is 18.2 Å². The number of hydrogen-bond acceptors (Lipinski definition) is 3. The van der Waals surface area contributed by atoms with Crippen LogP contribution >= 0.6 is 11.6 Å². The Morgan fingerprint density at radius 2 is 2.04 bits per heavy atom. The van der Waals surface area contributed by atoms with Crippen LogP contribution in [0, 0.1) is 5.92 Å². The molecule has 1 fully saturated rings. The number of halogens is 1. The number of likely N-dealkylation sites (tertiary alicyclic amines) is 1. The van der Waals surface area contributed by atoms with Crippen LogP contribution in [0.25, 0.3) is 0 Å². The van der Waals surface area contributed by atoms with Crippen LogP contribution in [0.5, 0.6) is 0 Å². The van der Waals surface area contributed by atoms with Gasteiger partial charge in [0.1, 0.15) is 0 Å². The summed E-state index contributed by atoms with van der Waals surface area (Å²) in [6.45, 7) is 4.23. The van der Waals surface area contributed by atoms with Gasteiger partial charge in [0, 0.05) is 31.6 Å². The van der Waals surface area contributed by atoms with Gasteiger partial charge in [-0.15, -0.1) is 0 Å². The van der Waals surface area contributed by atoms with Gasteiger partial charge in [-0.3, -0.25) is 14.4 Å². The van der Waals surface area contributed by atoms with Crippen molar-refractivity contribution in [2.45, 2.75) is 26.3 Å². The van der Waals surface area contributed by atoms with Crippen molar-refractivity contribution in [3.05, 3.63) is 28.8 Å². The standard InChI is InChI=1S/C16H20ClN3O3/c1-9(2)20-8-11(7-14(20)21)16(23)19-13-6-10(15(22)18-3)4-5-12(13)17/h4-6,9,11H,7-8H2,1-3H3,(H,18,22)(H,19,23). The van der Waals surface area contributed by atoms with Crippen molar-refractivity contribution in [1.82, 2.24) is 10.2 Å². The summed E-state index contributed by atoms with van der Waals surface area (Å²) in [5.74, 6) is -0.966. The summed E-state index contributed by atoms with van der Waals surface area (Å²) < 4.78 is 0. The summed E-state index contributed by atoms with van der Waals surface area (Å²) in [5.41, 5.74) is 0.770. The SMILES string of the molecule is CNC(=O)c1ccc(Cl)c(NC(=O)C2CC(=O)N(C(C)C)C2)c1. The van der Waals surface area contributed by atoms with Gasteiger partial charge < -0.3 is 15.5 Å². The molecule has 1 aromatic carbocycles. The Morgan fingerprint density at radius 1 is 1.35 bits per heavy atom. The van der Waals surface area contributed by atoms with E-state index in [1.165, 1.54) is 13.1 Å². The predicted octanol–water partition coefficient (Wildman–Crippen LogP) is 1.90. The minimum atomic E-state index is -0.412. The third-order valence-corrected chi connectivity index (χ3v) is 4.20. The molecule has 1 heterocycles. The van der Waals surface area contributed by atoms with Gasteiger partial charge in [-0.25, -0.2) is 0 Å². The van der Waals surface area contributed by atoms with E-state index in [-0.39, 0.29) is 30.2 Å². The minimum Gasteiger partial charge on any atom is -0.355 e. The molecule has 0 aliphatic carbocycles. The van der Waals surface area contributed by atoms with Crippen molar-refractivity contribution in [2.75, 3.05) is 18.9 Å². The van der Waals surface area contributed by atoms with Gasteiger partial charge in [-0.2, -0.15) is 0 Å². The van der Waals surface area contributed by atoms with Gasteiger partial charge >= 0.3 is 0 Å². The lowest BCUT2D eigenvalue weighted by Gasteiger charge is -2.20. The van der Waals surface area contributed by atoms with Gasteiger partial charge in [-0.05, 0) is 32.0 Å². The van der Waals surface area contributed by atoms with Gasteiger partial charge in [0.15, 0.2) is 0 Å². The predicted molar refractivity (Wildman–Crippen MR) is 88.4 cm³/mol. The molecule has 1 unspecified atom stereocenters. The summed E-state index contributed by atoms with van der Waals surface area (Å²) in [6, 6.07) is 4.73. The Balaban J connectivity index is 2.12.